The van der Waals surface area contributed by atoms with Crippen molar-refractivity contribution in [1.29, 1.82) is 0 Å². The summed E-state index contributed by atoms with van der Waals surface area (Å²) in [4.78, 5) is 18.9. The second-order valence-electron chi connectivity index (χ2n) is 14.0. The summed E-state index contributed by atoms with van der Waals surface area (Å²) in [6.07, 6.45) is 22.5. The number of esters is 1. The molecule has 1 saturated carbocycles. The molecule has 1 saturated heterocycles. The minimum Gasteiger partial charge on any atom is -0.497 e. The van der Waals surface area contributed by atoms with Gasteiger partial charge in [-0.05, 0) is 37.1 Å². The molecule has 1 unspecified atom stereocenters. The highest BCUT2D eigenvalue weighted by Gasteiger charge is 2.64. The summed E-state index contributed by atoms with van der Waals surface area (Å²) < 4.78 is 17.5. The lowest BCUT2D eigenvalue weighted by Crippen LogP contribution is -2.49. The number of methoxy groups -OCH3 is 2. The van der Waals surface area contributed by atoms with Crippen LogP contribution >= 0.6 is 0 Å². The SMILES string of the molecule is CCCCCCCCCCCCCCCCCCN1CCN(C(OC(=O)[C@@]2(c3ccc(OC)cc3)C[C@H]2OC)c2ccccc2)CC1. The Balaban J connectivity index is 1.13. The molecule has 262 valence electrons. The normalized spacial score (nSPS) is 20.6. The topological polar surface area (TPSA) is 51.2 Å². The lowest BCUT2D eigenvalue weighted by molar-refractivity contribution is -0.166. The van der Waals surface area contributed by atoms with Gasteiger partial charge in [-0.25, -0.2) is 0 Å². The van der Waals surface area contributed by atoms with Crippen molar-refractivity contribution in [2.45, 2.75) is 134 Å². The minimum atomic E-state index is -0.775. The van der Waals surface area contributed by atoms with E-state index < -0.39 is 11.6 Å². The summed E-state index contributed by atoms with van der Waals surface area (Å²) in [5.41, 5.74) is 1.17. The van der Waals surface area contributed by atoms with E-state index >= 15 is 0 Å². The van der Waals surface area contributed by atoms with Crippen molar-refractivity contribution >= 4 is 5.97 Å². The van der Waals surface area contributed by atoms with Gasteiger partial charge in [-0.3, -0.25) is 9.69 Å². The number of nitrogens with zero attached hydrogens (tertiary/aromatic N) is 2. The third-order valence-electron chi connectivity index (χ3n) is 10.5. The molecule has 0 spiro atoms. The van der Waals surface area contributed by atoms with Gasteiger partial charge in [0.25, 0.3) is 0 Å². The van der Waals surface area contributed by atoms with E-state index in [9.17, 15) is 4.79 Å². The maximum absolute atomic E-state index is 13.9. The van der Waals surface area contributed by atoms with Gasteiger partial charge in [0.1, 0.15) is 11.2 Å². The highest BCUT2D eigenvalue weighted by Crippen LogP contribution is 2.52. The molecule has 2 aliphatic rings. The van der Waals surface area contributed by atoms with Crippen molar-refractivity contribution in [1.82, 2.24) is 9.80 Å². The van der Waals surface area contributed by atoms with Crippen LogP contribution in [0.5, 0.6) is 5.75 Å². The fourth-order valence-corrected chi connectivity index (χ4v) is 7.33. The van der Waals surface area contributed by atoms with E-state index in [0.717, 1.165) is 49.6 Å². The van der Waals surface area contributed by atoms with Crippen molar-refractivity contribution in [3.8, 4) is 5.75 Å². The van der Waals surface area contributed by atoms with Gasteiger partial charge in [-0.1, -0.05) is 146 Å². The van der Waals surface area contributed by atoms with Gasteiger partial charge in [-0.15, -0.1) is 0 Å². The van der Waals surface area contributed by atoms with Gasteiger partial charge >= 0.3 is 5.97 Å². The molecule has 2 aromatic rings. The second kappa shape index (κ2) is 20.8. The molecule has 1 heterocycles. The van der Waals surface area contributed by atoms with Gasteiger partial charge < -0.3 is 19.1 Å². The van der Waals surface area contributed by atoms with Crippen molar-refractivity contribution in [3.05, 3.63) is 65.7 Å². The van der Waals surface area contributed by atoms with Crippen LogP contribution in [0.15, 0.2) is 54.6 Å². The minimum absolute atomic E-state index is 0.184. The highest BCUT2D eigenvalue weighted by atomic mass is 16.6. The summed E-state index contributed by atoms with van der Waals surface area (Å²) >= 11 is 0. The van der Waals surface area contributed by atoms with Gasteiger partial charge in [0.2, 0.25) is 0 Å². The van der Waals surface area contributed by atoms with E-state index in [1.165, 1.54) is 103 Å². The van der Waals surface area contributed by atoms with Gasteiger partial charge in [-0.2, -0.15) is 0 Å². The smallest absolute Gasteiger partial charge is 0.321 e. The van der Waals surface area contributed by atoms with Gasteiger partial charge in [0, 0.05) is 38.9 Å². The first kappa shape index (κ1) is 37.4. The van der Waals surface area contributed by atoms with Crippen LogP contribution < -0.4 is 4.74 Å². The van der Waals surface area contributed by atoms with Crippen LogP contribution in [-0.4, -0.2) is 68.8 Å². The molecule has 0 amide bonds. The Kier molecular flexibility index (Phi) is 16.6. The molecule has 0 aromatic heterocycles. The van der Waals surface area contributed by atoms with Crippen molar-refractivity contribution < 1.29 is 19.0 Å². The van der Waals surface area contributed by atoms with E-state index in [-0.39, 0.29) is 12.1 Å². The van der Waals surface area contributed by atoms with Gasteiger partial charge in [0.05, 0.1) is 13.2 Å². The fraction of sp³-hybridized carbons (Fsp3) is 0.683. The van der Waals surface area contributed by atoms with Crippen LogP contribution in [0.25, 0.3) is 0 Å². The van der Waals surface area contributed by atoms with Crippen LogP contribution in [0.1, 0.15) is 133 Å². The quantitative estimate of drug-likeness (QED) is 0.0835. The van der Waals surface area contributed by atoms with E-state index in [0.29, 0.717) is 6.42 Å². The van der Waals surface area contributed by atoms with Crippen LogP contribution in [-0.2, 0) is 19.7 Å². The van der Waals surface area contributed by atoms with Crippen LogP contribution in [0.2, 0.25) is 0 Å². The molecule has 2 aromatic carbocycles. The molecule has 6 nitrogen and oxygen atoms in total. The average Bonchev–Trinajstić information content (AvgIpc) is 3.87. The number of hydrogen-bond acceptors (Lipinski definition) is 6. The monoisotopic (exact) mass is 648 g/mol. The number of hydrogen-bond donors (Lipinski definition) is 0. The first-order chi connectivity index (χ1) is 23.1. The molecule has 0 bridgehead atoms. The van der Waals surface area contributed by atoms with Crippen molar-refractivity contribution in [2.24, 2.45) is 0 Å². The van der Waals surface area contributed by atoms with Gasteiger partial charge in [0.15, 0.2) is 6.23 Å². The number of piperazine rings is 1. The van der Waals surface area contributed by atoms with E-state index in [1.807, 2.05) is 42.5 Å². The number of ether oxygens (including phenoxy) is 3. The molecule has 4 rings (SSSR count). The van der Waals surface area contributed by atoms with Crippen LogP contribution in [0.3, 0.4) is 0 Å². The lowest BCUT2D eigenvalue weighted by atomic mass is 9.95. The van der Waals surface area contributed by atoms with E-state index in [1.54, 1.807) is 14.2 Å². The zero-order chi connectivity index (χ0) is 33.2. The summed E-state index contributed by atoms with van der Waals surface area (Å²) in [6.45, 7) is 7.23. The number of benzene rings is 2. The Morgan fingerprint density at radius 1 is 0.723 bits per heavy atom. The summed E-state index contributed by atoms with van der Waals surface area (Å²) in [6, 6.07) is 18.0. The Hall–Kier alpha value is -2.41. The Morgan fingerprint density at radius 3 is 1.74 bits per heavy atom. The average molecular weight is 649 g/mol. The van der Waals surface area contributed by atoms with E-state index in [2.05, 4.69) is 28.9 Å². The predicted octanol–water partition coefficient (Wildman–Crippen LogP) is 9.47. The molecule has 1 aliphatic carbocycles. The zero-order valence-electron chi connectivity index (χ0n) is 29.9. The third kappa shape index (κ3) is 11.6. The second-order valence-corrected chi connectivity index (χ2v) is 14.0. The standard InChI is InChI=1S/C41H64N2O4/c1-4-5-6-7-8-9-10-11-12-13-14-15-16-17-18-22-29-42-30-32-43(33-31-42)39(35-23-20-19-21-24-35)47-40(44)41(34-38(41)46-3)36-25-27-37(45-2)28-26-36/h19-21,23-28,38-39H,4-18,22,29-34H2,1-3H3/t38-,39?,41-/m1/s1. The summed E-state index contributed by atoms with van der Waals surface area (Å²) in [5.74, 6) is 0.561. The summed E-state index contributed by atoms with van der Waals surface area (Å²) in [7, 11) is 3.33. The highest BCUT2D eigenvalue weighted by molar-refractivity contribution is 5.88. The molecule has 6 heteroatoms. The molecule has 0 N–H and O–H groups in total. The third-order valence-corrected chi connectivity index (χ3v) is 10.5. The van der Waals surface area contributed by atoms with Crippen molar-refractivity contribution in [3.63, 3.8) is 0 Å². The van der Waals surface area contributed by atoms with Crippen molar-refractivity contribution in [2.75, 3.05) is 46.9 Å². The van der Waals surface area contributed by atoms with E-state index in [4.69, 9.17) is 14.2 Å². The maximum atomic E-state index is 13.9. The Labute approximate surface area is 286 Å². The molecule has 2 fully saturated rings. The molecular weight excluding hydrogens is 584 g/mol. The summed E-state index contributed by atoms with van der Waals surface area (Å²) in [5, 5.41) is 0. The van der Waals surface area contributed by atoms with Crippen LogP contribution in [0, 0.1) is 0 Å². The zero-order valence-corrected chi connectivity index (χ0v) is 29.9. The number of unbranched alkanes of at least 4 members (excludes halogenated alkanes) is 15. The lowest BCUT2D eigenvalue weighted by Gasteiger charge is -2.39. The number of carbonyl (C=O) groups is 1. The molecule has 47 heavy (non-hydrogen) atoms. The Morgan fingerprint density at radius 2 is 1.26 bits per heavy atom. The first-order valence-electron chi connectivity index (χ1n) is 19.0. The van der Waals surface area contributed by atoms with Crippen LogP contribution in [0.4, 0.5) is 0 Å². The first-order valence-corrected chi connectivity index (χ1v) is 19.0. The Bertz CT molecular complexity index is 1120. The largest absolute Gasteiger partial charge is 0.497 e. The maximum Gasteiger partial charge on any atom is 0.321 e. The predicted molar refractivity (Wildman–Crippen MR) is 193 cm³/mol. The molecule has 0 radical (unpaired) electrons. The number of rotatable bonds is 24. The molecule has 1 aliphatic heterocycles. The fourth-order valence-electron chi connectivity index (χ4n) is 7.33. The molecule has 3 atom stereocenters. The molecular formula is C41H64N2O4. The number of carbonyl (C=O) groups excluding carboxylic acids is 1.